The molecule has 0 radical (unpaired) electrons. The molecule has 4 heteroatoms. The number of likely N-dealkylation sites (tertiary alicyclic amines) is 1. The van der Waals surface area contributed by atoms with Gasteiger partial charge >= 0.3 is 0 Å². The number of aromatic nitrogens is 2. The minimum absolute atomic E-state index is 0.527. The zero-order valence-corrected chi connectivity index (χ0v) is 9.15. The lowest BCUT2D eigenvalue weighted by Crippen LogP contribution is -2.43. The van der Waals surface area contributed by atoms with Crippen LogP contribution in [0.25, 0.3) is 0 Å². The Morgan fingerprint density at radius 2 is 2.20 bits per heavy atom. The highest BCUT2D eigenvalue weighted by Crippen LogP contribution is 2.24. The molecular weight excluding hydrogens is 190 g/mol. The van der Waals surface area contributed by atoms with Crippen molar-refractivity contribution in [2.45, 2.75) is 32.4 Å². The molecule has 0 saturated carbocycles. The minimum atomic E-state index is 0.527. The summed E-state index contributed by atoms with van der Waals surface area (Å²) < 4.78 is 7.78. The van der Waals surface area contributed by atoms with Crippen LogP contribution in [0.15, 0.2) is 6.20 Å². The van der Waals surface area contributed by atoms with E-state index in [2.05, 4.69) is 16.9 Å². The quantitative estimate of drug-likeness (QED) is 0.689. The van der Waals surface area contributed by atoms with Gasteiger partial charge in [0.2, 0.25) is 5.88 Å². The van der Waals surface area contributed by atoms with Gasteiger partial charge in [0.25, 0.3) is 0 Å². The van der Waals surface area contributed by atoms with E-state index in [0.29, 0.717) is 6.04 Å². The molecule has 1 aromatic rings. The van der Waals surface area contributed by atoms with Gasteiger partial charge in [-0.3, -0.25) is 4.90 Å². The molecule has 3 heterocycles. The number of hydrogen-bond donors (Lipinski definition) is 0. The average Bonchev–Trinajstić information content (AvgIpc) is 2.88. The Morgan fingerprint density at radius 1 is 1.40 bits per heavy atom. The Morgan fingerprint density at radius 3 is 3.00 bits per heavy atom. The van der Waals surface area contributed by atoms with Crippen LogP contribution in [0.3, 0.4) is 0 Å². The van der Waals surface area contributed by atoms with E-state index >= 15 is 0 Å². The molecule has 4 nitrogen and oxygen atoms in total. The van der Waals surface area contributed by atoms with Gasteiger partial charge in [-0.15, -0.1) is 0 Å². The molecule has 0 aliphatic carbocycles. The van der Waals surface area contributed by atoms with Crippen LogP contribution in [-0.4, -0.2) is 40.4 Å². The first-order valence-corrected chi connectivity index (χ1v) is 5.74. The van der Waals surface area contributed by atoms with Gasteiger partial charge in [0.15, 0.2) is 0 Å². The van der Waals surface area contributed by atoms with Crippen molar-refractivity contribution in [2.24, 2.45) is 0 Å². The van der Waals surface area contributed by atoms with Gasteiger partial charge < -0.3 is 4.74 Å². The molecule has 2 aliphatic rings. The second-order valence-corrected chi connectivity index (χ2v) is 4.52. The van der Waals surface area contributed by atoms with Crippen LogP contribution >= 0.6 is 0 Å². The van der Waals surface area contributed by atoms with Gasteiger partial charge in [0.1, 0.15) is 6.61 Å². The molecule has 1 fully saturated rings. The van der Waals surface area contributed by atoms with Crippen molar-refractivity contribution in [1.82, 2.24) is 14.7 Å². The fourth-order valence-corrected chi connectivity index (χ4v) is 2.54. The van der Waals surface area contributed by atoms with Crippen molar-refractivity contribution in [1.29, 1.82) is 0 Å². The molecule has 3 rings (SSSR count). The van der Waals surface area contributed by atoms with Gasteiger partial charge in [-0.2, -0.15) is 5.10 Å². The Labute approximate surface area is 89.8 Å². The Hall–Kier alpha value is -1.03. The third-order valence-electron chi connectivity index (χ3n) is 3.42. The molecule has 82 valence electrons. The lowest BCUT2D eigenvalue weighted by Gasteiger charge is -2.31. The second kappa shape index (κ2) is 3.52. The minimum Gasteiger partial charge on any atom is -0.476 e. The number of aryl methyl sites for hydroxylation is 1. The van der Waals surface area contributed by atoms with Gasteiger partial charge in [0.05, 0.1) is 18.8 Å². The summed E-state index contributed by atoms with van der Waals surface area (Å²) >= 11 is 0. The zero-order valence-electron chi connectivity index (χ0n) is 9.15. The summed E-state index contributed by atoms with van der Waals surface area (Å²) in [4.78, 5) is 2.53. The molecule has 0 amide bonds. The van der Waals surface area contributed by atoms with Crippen LogP contribution in [-0.2, 0) is 6.54 Å². The van der Waals surface area contributed by atoms with Gasteiger partial charge in [-0.05, 0) is 32.9 Å². The van der Waals surface area contributed by atoms with E-state index in [0.717, 1.165) is 24.6 Å². The molecule has 0 bridgehead atoms. The van der Waals surface area contributed by atoms with Crippen LogP contribution < -0.4 is 4.74 Å². The second-order valence-electron chi connectivity index (χ2n) is 4.52. The molecule has 0 aromatic carbocycles. The Balaban J connectivity index is 1.77. The molecule has 1 unspecified atom stereocenters. The first kappa shape index (κ1) is 9.21. The summed E-state index contributed by atoms with van der Waals surface area (Å²) in [6, 6.07) is 0.527. The standard InChI is InChI=1S/C11H17N3O/c1-9-6-12-14-7-10(8-15-11(9)14)13-4-2-3-5-13/h6,10H,2-5,7-8H2,1H3. The normalized spacial score (nSPS) is 26.3. The molecule has 15 heavy (non-hydrogen) atoms. The SMILES string of the molecule is Cc1cnn2c1OCC(N1CCCC1)C2. The number of nitrogens with zero attached hydrogens (tertiary/aromatic N) is 3. The number of rotatable bonds is 1. The van der Waals surface area contributed by atoms with Crippen LogP contribution in [0.4, 0.5) is 0 Å². The van der Waals surface area contributed by atoms with E-state index < -0.39 is 0 Å². The predicted molar refractivity (Wildman–Crippen MR) is 57.1 cm³/mol. The largest absolute Gasteiger partial charge is 0.476 e. The van der Waals surface area contributed by atoms with Crippen molar-refractivity contribution < 1.29 is 4.74 Å². The van der Waals surface area contributed by atoms with Crippen molar-refractivity contribution >= 4 is 0 Å². The van der Waals surface area contributed by atoms with E-state index in [-0.39, 0.29) is 0 Å². The molecule has 1 saturated heterocycles. The summed E-state index contributed by atoms with van der Waals surface area (Å²) in [6.07, 6.45) is 4.56. The summed E-state index contributed by atoms with van der Waals surface area (Å²) in [6.45, 7) is 6.32. The Bertz CT molecular complexity index is 355. The summed E-state index contributed by atoms with van der Waals surface area (Å²) in [5.41, 5.74) is 1.15. The van der Waals surface area contributed by atoms with E-state index in [1.165, 1.54) is 25.9 Å². The molecule has 0 N–H and O–H groups in total. The summed E-state index contributed by atoms with van der Waals surface area (Å²) in [7, 11) is 0. The van der Waals surface area contributed by atoms with Crippen molar-refractivity contribution in [2.75, 3.05) is 19.7 Å². The highest BCUT2D eigenvalue weighted by Gasteiger charge is 2.28. The monoisotopic (exact) mass is 207 g/mol. The first-order chi connectivity index (χ1) is 7.34. The first-order valence-electron chi connectivity index (χ1n) is 5.74. The van der Waals surface area contributed by atoms with Crippen LogP contribution in [0, 0.1) is 6.92 Å². The highest BCUT2D eigenvalue weighted by molar-refractivity contribution is 5.23. The lowest BCUT2D eigenvalue weighted by molar-refractivity contribution is 0.101. The van der Waals surface area contributed by atoms with Crippen LogP contribution in [0.2, 0.25) is 0 Å². The van der Waals surface area contributed by atoms with Crippen molar-refractivity contribution in [3.05, 3.63) is 11.8 Å². The highest BCUT2D eigenvalue weighted by atomic mass is 16.5. The smallest absolute Gasteiger partial charge is 0.214 e. The lowest BCUT2D eigenvalue weighted by atomic mass is 10.2. The van der Waals surface area contributed by atoms with Crippen molar-refractivity contribution in [3.8, 4) is 5.88 Å². The number of fused-ring (bicyclic) bond motifs is 1. The summed E-state index contributed by atoms with van der Waals surface area (Å²) in [5.74, 6) is 0.963. The van der Waals surface area contributed by atoms with Crippen molar-refractivity contribution in [3.63, 3.8) is 0 Å². The third-order valence-corrected chi connectivity index (χ3v) is 3.42. The Kier molecular flexibility index (Phi) is 2.16. The molecule has 1 aromatic heterocycles. The molecular formula is C11H17N3O. The van der Waals surface area contributed by atoms with E-state index in [9.17, 15) is 0 Å². The van der Waals surface area contributed by atoms with E-state index in [1.807, 2.05) is 10.9 Å². The number of ether oxygens (including phenoxy) is 1. The fourth-order valence-electron chi connectivity index (χ4n) is 2.54. The average molecular weight is 207 g/mol. The van der Waals surface area contributed by atoms with Gasteiger partial charge in [0, 0.05) is 5.56 Å². The maximum absolute atomic E-state index is 5.78. The third kappa shape index (κ3) is 1.53. The zero-order chi connectivity index (χ0) is 10.3. The van der Waals surface area contributed by atoms with Crippen LogP contribution in [0.1, 0.15) is 18.4 Å². The number of hydrogen-bond acceptors (Lipinski definition) is 3. The molecule has 2 aliphatic heterocycles. The molecule has 0 spiro atoms. The fraction of sp³-hybridized carbons (Fsp3) is 0.727. The van der Waals surface area contributed by atoms with Gasteiger partial charge in [-0.25, -0.2) is 4.68 Å². The van der Waals surface area contributed by atoms with Crippen LogP contribution in [0.5, 0.6) is 5.88 Å². The van der Waals surface area contributed by atoms with E-state index in [4.69, 9.17) is 4.74 Å². The topological polar surface area (TPSA) is 30.3 Å². The summed E-state index contributed by atoms with van der Waals surface area (Å²) in [5, 5.41) is 4.34. The maximum Gasteiger partial charge on any atom is 0.214 e. The maximum atomic E-state index is 5.78. The van der Waals surface area contributed by atoms with E-state index in [1.54, 1.807) is 0 Å². The predicted octanol–water partition coefficient (Wildman–Crippen LogP) is 1.05. The molecule has 1 atom stereocenters. The van der Waals surface area contributed by atoms with Gasteiger partial charge in [-0.1, -0.05) is 0 Å².